The zero-order valence-corrected chi connectivity index (χ0v) is 11.3. The van der Waals surface area contributed by atoms with Gasteiger partial charge in [0, 0.05) is 35.1 Å². The Morgan fingerprint density at radius 2 is 2.38 bits per heavy atom. The quantitative estimate of drug-likeness (QED) is 0.793. The van der Waals surface area contributed by atoms with E-state index in [1.165, 1.54) is 17.3 Å². The summed E-state index contributed by atoms with van der Waals surface area (Å²) in [6.07, 6.45) is 0.986. The van der Waals surface area contributed by atoms with E-state index in [9.17, 15) is 4.79 Å². The molecule has 0 aromatic heterocycles. The van der Waals surface area contributed by atoms with E-state index in [0.29, 0.717) is 11.3 Å². The average Bonchev–Trinajstić information content (AvgIpc) is 2.74. The molecule has 2 aliphatic heterocycles. The molecule has 3 nitrogen and oxygen atoms in total. The zero-order chi connectivity index (χ0) is 11.4. The van der Waals surface area contributed by atoms with Crippen molar-refractivity contribution in [2.24, 2.45) is 5.92 Å². The van der Waals surface area contributed by atoms with E-state index in [-0.39, 0.29) is 11.8 Å². The zero-order valence-electron chi connectivity index (χ0n) is 9.70. The van der Waals surface area contributed by atoms with Gasteiger partial charge < -0.3 is 10.6 Å². The van der Waals surface area contributed by atoms with Crippen LogP contribution in [0.1, 0.15) is 13.3 Å². The van der Waals surface area contributed by atoms with Crippen LogP contribution in [-0.4, -0.2) is 47.5 Å². The van der Waals surface area contributed by atoms with Crippen LogP contribution in [0.15, 0.2) is 0 Å². The molecule has 1 amide bonds. The lowest BCUT2D eigenvalue weighted by atomic mass is 10.0. The van der Waals surface area contributed by atoms with Crippen LogP contribution in [0, 0.1) is 5.92 Å². The fourth-order valence-corrected chi connectivity index (χ4v) is 4.83. The van der Waals surface area contributed by atoms with Gasteiger partial charge in [-0.15, -0.1) is 0 Å². The van der Waals surface area contributed by atoms with Gasteiger partial charge in [-0.25, -0.2) is 0 Å². The SMILES string of the molecule is CC1NCCC1C(=O)NCC1CSCCS1. The van der Waals surface area contributed by atoms with Crippen LogP contribution in [0.25, 0.3) is 0 Å². The van der Waals surface area contributed by atoms with Crippen molar-refractivity contribution in [2.75, 3.05) is 30.3 Å². The molecule has 0 aromatic rings. The molecule has 0 bridgehead atoms. The van der Waals surface area contributed by atoms with Crippen LogP contribution < -0.4 is 10.6 Å². The molecule has 5 heteroatoms. The lowest BCUT2D eigenvalue weighted by molar-refractivity contribution is -0.125. The van der Waals surface area contributed by atoms with Crippen LogP contribution in [0.3, 0.4) is 0 Å². The van der Waals surface area contributed by atoms with Crippen LogP contribution in [0.4, 0.5) is 0 Å². The van der Waals surface area contributed by atoms with Crippen molar-refractivity contribution in [3.8, 4) is 0 Å². The summed E-state index contributed by atoms with van der Waals surface area (Å²) in [6.45, 7) is 3.93. The van der Waals surface area contributed by atoms with Gasteiger partial charge in [-0.1, -0.05) is 0 Å². The normalized spacial score (nSPS) is 34.9. The number of hydrogen-bond donors (Lipinski definition) is 2. The summed E-state index contributed by atoms with van der Waals surface area (Å²) in [7, 11) is 0. The topological polar surface area (TPSA) is 41.1 Å². The largest absolute Gasteiger partial charge is 0.355 e. The van der Waals surface area contributed by atoms with Crippen LogP contribution in [0.2, 0.25) is 0 Å². The Bertz CT molecular complexity index is 244. The summed E-state index contributed by atoms with van der Waals surface area (Å²) < 4.78 is 0. The second kappa shape index (κ2) is 6.17. The summed E-state index contributed by atoms with van der Waals surface area (Å²) in [6, 6.07) is 0.341. The van der Waals surface area contributed by atoms with Gasteiger partial charge >= 0.3 is 0 Å². The number of carbonyl (C=O) groups is 1. The van der Waals surface area contributed by atoms with Crippen molar-refractivity contribution in [1.29, 1.82) is 0 Å². The van der Waals surface area contributed by atoms with E-state index < -0.39 is 0 Å². The number of rotatable bonds is 3. The van der Waals surface area contributed by atoms with Crippen molar-refractivity contribution in [2.45, 2.75) is 24.6 Å². The van der Waals surface area contributed by atoms with E-state index in [2.05, 4.69) is 17.6 Å². The van der Waals surface area contributed by atoms with Gasteiger partial charge in [-0.2, -0.15) is 23.5 Å². The van der Waals surface area contributed by atoms with Gasteiger partial charge in [-0.3, -0.25) is 4.79 Å². The lowest BCUT2D eigenvalue weighted by Gasteiger charge is -2.22. The second-order valence-electron chi connectivity index (χ2n) is 4.45. The molecule has 0 spiro atoms. The lowest BCUT2D eigenvalue weighted by Crippen LogP contribution is -2.40. The van der Waals surface area contributed by atoms with Gasteiger partial charge in [0.25, 0.3) is 0 Å². The highest BCUT2D eigenvalue weighted by molar-refractivity contribution is 8.06. The highest BCUT2D eigenvalue weighted by atomic mass is 32.2. The number of hydrogen-bond acceptors (Lipinski definition) is 4. The summed E-state index contributed by atoms with van der Waals surface area (Å²) in [5.41, 5.74) is 0. The molecule has 2 heterocycles. The van der Waals surface area contributed by atoms with Crippen LogP contribution >= 0.6 is 23.5 Å². The van der Waals surface area contributed by atoms with Gasteiger partial charge in [0.1, 0.15) is 0 Å². The van der Waals surface area contributed by atoms with Gasteiger partial charge in [0.2, 0.25) is 5.91 Å². The molecule has 0 aliphatic carbocycles. The van der Waals surface area contributed by atoms with Crippen LogP contribution in [-0.2, 0) is 4.79 Å². The van der Waals surface area contributed by atoms with E-state index in [1.807, 2.05) is 23.5 Å². The molecule has 3 unspecified atom stereocenters. The fourth-order valence-electron chi connectivity index (χ4n) is 2.22. The fraction of sp³-hybridized carbons (Fsp3) is 0.909. The second-order valence-corrected chi connectivity index (χ2v) is 7.01. The van der Waals surface area contributed by atoms with Crippen molar-refractivity contribution in [1.82, 2.24) is 10.6 Å². The first kappa shape index (κ1) is 12.6. The molecule has 0 radical (unpaired) electrons. The van der Waals surface area contributed by atoms with Gasteiger partial charge in [0.15, 0.2) is 0 Å². The molecule has 3 atom stereocenters. The minimum atomic E-state index is 0.182. The predicted molar refractivity (Wildman–Crippen MR) is 72.2 cm³/mol. The molecule has 2 fully saturated rings. The Kier molecular flexibility index (Phi) is 4.85. The third-order valence-corrected chi connectivity index (χ3v) is 6.10. The Labute approximate surface area is 106 Å². The van der Waals surface area contributed by atoms with Crippen molar-refractivity contribution < 1.29 is 4.79 Å². The summed E-state index contributed by atoms with van der Waals surface area (Å²) in [5.74, 6) is 4.10. The Morgan fingerprint density at radius 1 is 1.50 bits per heavy atom. The Hall–Kier alpha value is 0.130. The van der Waals surface area contributed by atoms with Gasteiger partial charge in [-0.05, 0) is 19.9 Å². The van der Waals surface area contributed by atoms with E-state index in [1.54, 1.807) is 0 Å². The van der Waals surface area contributed by atoms with Crippen molar-refractivity contribution in [3.63, 3.8) is 0 Å². The molecule has 92 valence electrons. The van der Waals surface area contributed by atoms with Crippen molar-refractivity contribution in [3.05, 3.63) is 0 Å². The van der Waals surface area contributed by atoms with Gasteiger partial charge in [0.05, 0.1) is 5.92 Å². The standard InChI is InChI=1S/C11H20N2OS2/c1-8-10(2-3-12-8)11(14)13-6-9-7-15-4-5-16-9/h8-10,12H,2-7H2,1H3,(H,13,14). The molecule has 0 saturated carbocycles. The van der Waals surface area contributed by atoms with E-state index in [0.717, 1.165) is 19.5 Å². The maximum atomic E-state index is 11.9. The first-order valence-electron chi connectivity index (χ1n) is 5.98. The Morgan fingerprint density at radius 3 is 3.00 bits per heavy atom. The molecule has 0 aromatic carbocycles. The highest BCUT2D eigenvalue weighted by Gasteiger charge is 2.29. The van der Waals surface area contributed by atoms with E-state index in [4.69, 9.17) is 0 Å². The molecule has 2 aliphatic rings. The third kappa shape index (κ3) is 3.31. The maximum absolute atomic E-state index is 11.9. The summed E-state index contributed by atoms with van der Waals surface area (Å²) in [4.78, 5) is 11.9. The minimum absolute atomic E-state index is 0.182. The summed E-state index contributed by atoms with van der Waals surface area (Å²) in [5, 5.41) is 7.05. The maximum Gasteiger partial charge on any atom is 0.224 e. The first-order chi connectivity index (χ1) is 7.77. The predicted octanol–water partition coefficient (Wildman–Crippen LogP) is 0.949. The third-order valence-electron chi connectivity index (χ3n) is 3.25. The highest BCUT2D eigenvalue weighted by Crippen LogP contribution is 2.23. The molecular weight excluding hydrogens is 240 g/mol. The summed E-state index contributed by atoms with van der Waals surface area (Å²) >= 11 is 4.00. The van der Waals surface area contributed by atoms with Crippen LogP contribution in [0.5, 0.6) is 0 Å². The minimum Gasteiger partial charge on any atom is -0.355 e. The van der Waals surface area contributed by atoms with Crippen molar-refractivity contribution >= 4 is 29.4 Å². The average molecular weight is 260 g/mol. The smallest absolute Gasteiger partial charge is 0.224 e. The number of thioether (sulfide) groups is 2. The monoisotopic (exact) mass is 260 g/mol. The molecule has 2 saturated heterocycles. The molecule has 16 heavy (non-hydrogen) atoms. The number of nitrogens with one attached hydrogen (secondary N) is 2. The molecule has 2 rings (SSSR count). The molecule has 2 N–H and O–H groups in total. The van der Waals surface area contributed by atoms with E-state index >= 15 is 0 Å². The molecular formula is C11H20N2OS2. The Balaban J connectivity index is 1.70. The number of amides is 1. The first-order valence-corrected chi connectivity index (χ1v) is 8.18. The number of carbonyl (C=O) groups excluding carboxylic acids is 1.